The average Bonchev–Trinajstić information content (AvgIpc) is 3.45. The Bertz CT molecular complexity index is 1510. The zero-order valence-corrected chi connectivity index (χ0v) is 27.3. The third-order valence-electron chi connectivity index (χ3n) is 7.98. The number of nitrogens with two attached hydrogens (primary N) is 3. The SMILES string of the molecule is CC(C)[C@H](NC(=O)[C@@H](N)CCCCN)C(=O)N[C@@H](C)C(=O)N[C@@H](Cc1c[nH]c2ccccc12)C(=O)N[C@@H](Cc1ccccc1)C(N)=O. The third-order valence-corrected chi connectivity index (χ3v) is 7.98. The number of carbonyl (C=O) groups excluding carboxylic acids is 5. The summed E-state index contributed by atoms with van der Waals surface area (Å²) in [7, 11) is 0. The summed E-state index contributed by atoms with van der Waals surface area (Å²) in [6.45, 7) is 5.51. The largest absolute Gasteiger partial charge is 0.368 e. The van der Waals surface area contributed by atoms with Gasteiger partial charge in [0.25, 0.3) is 0 Å². The van der Waals surface area contributed by atoms with Gasteiger partial charge in [0, 0.05) is 29.9 Å². The van der Waals surface area contributed by atoms with Crippen LogP contribution in [0.15, 0.2) is 60.8 Å². The highest BCUT2D eigenvalue weighted by Crippen LogP contribution is 2.19. The van der Waals surface area contributed by atoms with Gasteiger partial charge in [-0.15, -0.1) is 0 Å². The average molecular weight is 649 g/mol. The normalized spacial score (nSPS) is 14.4. The maximum absolute atomic E-state index is 13.7. The maximum Gasteiger partial charge on any atom is 0.243 e. The van der Waals surface area contributed by atoms with Gasteiger partial charge >= 0.3 is 0 Å². The van der Waals surface area contributed by atoms with E-state index >= 15 is 0 Å². The van der Waals surface area contributed by atoms with E-state index < -0.39 is 59.7 Å². The lowest BCUT2D eigenvalue weighted by Gasteiger charge is -2.26. The van der Waals surface area contributed by atoms with E-state index in [-0.39, 0.29) is 18.8 Å². The van der Waals surface area contributed by atoms with Crippen LogP contribution in [0.2, 0.25) is 0 Å². The van der Waals surface area contributed by atoms with E-state index in [1.165, 1.54) is 6.92 Å². The highest BCUT2D eigenvalue weighted by Gasteiger charge is 2.31. The minimum Gasteiger partial charge on any atom is -0.368 e. The van der Waals surface area contributed by atoms with Crippen LogP contribution in [0.3, 0.4) is 0 Å². The third kappa shape index (κ3) is 10.9. The van der Waals surface area contributed by atoms with Crippen LogP contribution in [0.4, 0.5) is 0 Å². The van der Waals surface area contributed by atoms with Crippen molar-refractivity contribution in [1.82, 2.24) is 26.3 Å². The molecule has 0 bridgehead atoms. The second-order valence-corrected chi connectivity index (χ2v) is 12.1. The summed E-state index contributed by atoms with van der Waals surface area (Å²) in [4.78, 5) is 68.5. The van der Waals surface area contributed by atoms with Crippen LogP contribution < -0.4 is 38.5 Å². The zero-order chi connectivity index (χ0) is 34.5. The van der Waals surface area contributed by atoms with Gasteiger partial charge in [-0.05, 0) is 49.4 Å². The van der Waals surface area contributed by atoms with Gasteiger partial charge in [-0.1, -0.05) is 68.8 Å². The molecule has 1 aromatic heterocycles. The molecule has 3 rings (SSSR count). The molecule has 0 aliphatic carbocycles. The van der Waals surface area contributed by atoms with E-state index in [0.717, 1.165) is 28.5 Å². The molecular weight excluding hydrogens is 600 g/mol. The first kappa shape index (κ1) is 36.7. The lowest BCUT2D eigenvalue weighted by atomic mass is 10.0. The minimum atomic E-state index is -1.12. The predicted octanol–water partition coefficient (Wildman–Crippen LogP) is 0.510. The molecule has 0 unspecified atom stereocenters. The molecule has 0 saturated heterocycles. The van der Waals surface area contributed by atoms with E-state index in [9.17, 15) is 24.0 Å². The van der Waals surface area contributed by atoms with Gasteiger partial charge in [-0.25, -0.2) is 0 Å². The lowest BCUT2D eigenvalue weighted by Crippen LogP contribution is -2.59. The number of nitrogens with one attached hydrogen (secondary N) is 5. The molecule has 2 aromatic carbocycles. The van der Waals surface area contributed by atoms with Crippen LogP contribution in [0.25, 0.3) is 10.9 Å². The van der Waals surface area contributed by atoms with Gasteiger partial charge in [-0.2, -0.15) is 0 Å². The van der Waals surface area contributed by atoms with Crippen molar-refractivity contribution in [3.63, 3.8) is 0 Å². The van der Waals surface area contributed by atoms with Crippen molar-refractivity contribution in [2.75, 3.05) is 6.54 Å². The van der Waals surface area contributed by atoms with Crippen LogP contribution in [0, 0.1) is 5.92 Å². The lowest BCUT2D eigenvalue weighted by molar-refractivity contribution is -0.134. The molecule has 0 aliphatic rings. The molecule has 0 spiro atoms. The second kappa shape index (κ2) is 17.8. The van der Waals surface area contributed by atoms with Crippen molar-refractivity contribution in [2.24, 2.45) is 23.1 Å². The number of fused-ring (bicyclic) bond motifs is 1. The highest BCUT2D eigenvalue weighted by molar-refractivity contribution is 5.96. The van der Waals surface area contributed by atoms with Crippen molar-refractivity contribution in [1.29, 1.82) is 0 Å². The van der Waals surface area contributed by atoms with Crippen LogP contribution in [0.5, 0.6) is 0 Å². The number of aromatic nitrogens is 1. The van der Waals surface area contributed by atoms with Crippen molar-refractivity contribution >= 4 is 40.4 Å². The molecule has 1 heterocycles. The fraction of sp³-hybridized carbons (Fsp3) is 0.441. The summed E-state index contributed by atoms with van der Waals surface area (Å²) in [6.07, 6.45) is 3.86. The summed E-state index contributed by atoms with van der Waals surface area (Å²) in [5.41, 5.74) is 19.6. The smallest absolute Gasteiger partial charge is 0.243 e. The van der Waals surface area contributed by atoms with Gasteiger partial charge < -0.3 is 43.5 Å². The fourth-order valence-electron chi connectivity index (χ4n) is 5.17. The van der Waals surface area contributed by atoms with Crippen LogP contribution in [-0.4, -0.2) is 71.3 Å². The maximum atomic E-state index is 13.7. The first-order valence-electron chi connectivity index (χ1n) is 16.0. The number of carbonyl (C=O) groups is 5. The van der Waals surface area contributed by atoms with Crippen LogP contribution >= 0.6 is 0 Å². The standard InChI is InChI=1S/C34H48N8O5/c1-20(2)29(42-32(45)25(36)14-9-10-16-35)34(47)39-21(3)31(44)41-28(18-23-19-38-26-15-8-7-13-24(23)26)33(46)40-27(30(37)43)17-22-11-5-4-6-12-22/h4-8,11-13,15,19-21,25,27-29,38H,9-10,14,16-18,35-36H2,1-3H3,(H2,37,43)(H,39,47)(H,40,46)(H,41,44)(H,42,45)/t21-,25-,27-,28-,29-/m0/s1. The minimum absolute atomic E-state index is 0.0891. The molecule has 0 radical (unpaired) electrons. The molecule has 5 atom stereocenters. The first-order valence-corrected chi connectivity index (χ1v) is 16.0. The number of para-hydroxylation sites is 1. The monoisotopic (exact) mass is 648 g/mol. The van der Waals surface area contributed by atoms with Crippen molar-refractivity contribution in [3.05, 3.63) is 71.9 Å². The molecule has 13 nitrogen and oxygen atoms in total. The number of hydrogen-bond donors (Lipinski definition) is 8. The summed E-state index contributed by atoms with van der Waals surface area (Å²) in [5, 5.41) is 11.7. The Morgan fingerprint density at radius 1 is 0.745 bits per heavy atom. The Labute approximate surface area is 275 Å². The molecule has 47 heavy (non-hydrogen) atoms. The number of unbranched alkanes of at least 4 members (excludes halogenated alkanes) is 1. The number of primary amides is 1. The number of aromatic amines is 1. The van der Waals surface area contributed by atoms with Crippen LogP contribution in [-0.2, 0) is 36.8 Å². The van der Waals surface area contributed by atoms with E-state index in [0.29, 0.717) is 19.4 Å². The van der Waals surface area contributed by atoms with Gasteiger partial charge in [0.15, 0.2) is 0 Å². The Hall–Kier alpha value is -4.75. The summed E-state index contributed by atoms with van der Waals surface area (Å²) in [5.74, 6) is -3.31. The molecule has 13 heteroatoms. The molecular formula is C34H48N8O5. The van der Waals surface area contributed by atoms with Gasteiger partial charge in [-0.3, -0.25) is 24.0 Å². The molecule has 11 N–H and O–H groups in total. The van der Waals surface area contributed by atoms with E-state index in [1.54, 1.807) is 20.0 Å². The number of hydrogen-bond acceptors (Lipinski definition) is 7. The number of amides is 5. The Balaban J connectivity index is 1.74. The molecule has 0 aliphatic heterocycles. The summed E-state index contributed by atoms with van der Waals surface area (Å²) >= 11 is 0. The Morgan fingerprint density at radius 2 is 1.40 bits per heavy atom. The van der Waals surface area contributed by atoms with E-state index in [4.69, 9.17) is 17.2 Å². The van der Waals surface area contributed by atoms with Gasteiger partial charge in [0.2, 0.25) is 29.5 Å². The number of rotatable bonds is 18. The number of benzene rings is 2. The van der Waals surface area contributed by atoms with Crippen molar-refractivity contribution in [3.8, 4) is 0 Å². The van der Waals surface area contributed by atoms with Gasteiger partial charge in [0.05, 0.1) is 6.04 Å². The summed E-state index contributed by atoms with van der Waals surface area (Å²) in [6, 6.07) is 11.7. The highest BCUT2D eigenvalue weighted by atomic mass is 16.2. The van der Waals surface area contributed by atoms with E-state index in [2.05, 4.69) is 26.3 Å². The molecule has 0 saturated carbocycles. The molecule has 0 fully saturated rings. The van der Waals surface area contributed by atoms with Crippen molar-refractivity contribution in [2.45, 2.75) is 83.1 Å². The molecule has 5 amide bonds. The quantitative estimate of drug-likeness (QED) is 0.0911. The van der Waals surface area contributed by atoms with Crippen molar-refractivity contribution < 1.29 is 24.0 Å². The molecule has 3 aromatic rings. The van der Waals surface area contributed by atoms with Gasteiger partial charge in [0.1, 0.15) is 24.2 Å². The topological polar surface area (TPSA) is 227 Å². The Morgan fingerprint density at radius 3 is 2.06 bits per heavy atom. The number of H-pyrrole nitrogens is 1. The Kier molecular flexibility index (Phi) is 13.9. The fourth-order valence-corrected chi connectivity index (χ4v) is 5.17. The van der Waals surface area contributed by atoms with Crippen LogP contribution in [0.1, 0.15) is 51.2 Å². The summed E-state index contributed by atoms with van der Waals surface area (Å²) < 4.78 is 0. The predicted molar refractivity (Wildman–Crippen MR) is 180 cm³/mol. The first-order chi connectivity index (χ1) is 22.4. The molecule has 254 valence electrons. The van der Waals surface area contributed by atoms with E-state index in [1.807, 2.05) is 54.6 Å². The second-order valence-electron chi connectivity index (χ2n) is 12.1. The zero-order valence-electron chi connectivity index (χ0n) is 27.3.